The van der Waals surface area contributed by atoms with E-state index >= 15 is 0 Å². The third-order valence-electron chi connectivity index (χ3n) is 3.38. The molecule has 14 heavy (non-hydrogen) atoms. The topological polar surface area (TPSA) is 12.0 Å². The molecule has 0 bridgehead atoms. The lowest BCUT2D eigenvalue weighted by molar-refractivity contribution is 0.578. The lowest BCUT2D eigenvalue weighted by Crippen LogP contribution is -2.26. The summed E-state index contributed by atoms with van der Waals surface area (Å²) in [7, 11) is 2.08. The van der Waals surface area contributed by atoms with Gasteiger partial charge < -0.3 is 5.32 Å². The zero-order valence-electron chi connectivity index (χ0n) is 9.57. The summed E-state index contributed by atoms with van der Waals surface area (Å²) < 4.78 is 0. The van der Waals surface area contributed by atoms with Gasteiger partial charge in [0.1, 0.15) is 0 Å². The second-order valence-electron chi connectivity index (χ2n) is 4.61. The first-order valence-corrected chi connectivity index (χ1v) is 5.36. The van der Waals surface area contributed by atoms with E-state index < -0.39 is 0 Å². The van der Waals surface area contributed by atoms with E-state index in [0.717, 1.165) is 0 Å². The Balaban J connectivity index is 2.53. The van der Waals surface area contributed by atoms with Gasteiger partial charge in [-0.15, -0.1) is 0 Å². The van der Waals surface area contributed by atoms with Crippen molar-refractivity contribution in [3.05, 3.63) is 34.4 Å². The van der Waals surface area contributed by atoms with Gasteiger partial charge in [-0.05, 0) is 57.4 Å². The van der Waals surface area contributed by atoms with Crippen LogP contribution in [0.4, 0.5) is 0 Å². The fourth-order valence-electron chi connectivity index (χ4n) is 2.68. The maximum Gasteiger partial charge on any atom is 0.0439 e. The van der Waals surface area contributed by atoms with E-state index in [-0.39, 0.29) is 0 Å². The molecule has 0 unspecified atom stereocenters. The van der Waals surface area contributed by atoms with Gasteiger partial charge in [0.25, 0.3) is 0 Å². The van der Waals surface area contributed by atoms with Crippen LogP contribution in [0, 0.1) is 20.8 Å². The molecule has 0 radical (unpaired) electrons. The lowest BCUT2D eigenvalue weighted by atomic mass is 9.92. The van der Waals surface area contributed by atoms with Crippen LogP contribution < -0.4 is 5.32 Å². The number of rotatable bonds is 2. The van der Waals surface area contributed by atoms with Gasteiger partial charge in [0, 0.05) is 5.54 Å². The molecule has 76 valence electrons. The normalized spacial score (nSPS) is 18.3. The quantitative estimate of drug-likeness (QED) is 0.754. The van der Waals surface area contributed by atoms with Crippen LogP contribution >= 0.6 is 0 Å². The first-order chi connectivity index (χ1) is 6.59. The molecule has 0 heterocycles. The highest BCUT2D eigenvalue weighted by atomic mass is 15.0. The summed E-state index contributed by atoms with van der Waals surface area (Å²) in [6, 6.07) is 4.58. The van der Waals surface area contributed by atoms with Gasteiger partial charge >= 0.3 is 0 Å². The molecule has 1 heteroatoms. The molecule has 0 aromatic heterocycles. The Bertz CT molecular complexity index is 338. The summed E-state index contributed by atoms with van der Waals surface area (Å²) >= 11 is 0. The Hall–Kier alpha value is -0.820. The van der Waals surface area contributed by atoms with E-state index in [9.17, 15) is 0 Å². The minimum atomic E-state index is 0.307. The van der Waals surface area contributed by atoms with Gasteiger partial charge in [0.05, 0.1) is 0 Å². The fraction of sp³-hybridized carbons (Fsp3) is 0.538. The van der Waals surface area contributed by atoms with Crippen LogP contribution in [0.3, 0.4) is 0 Å². The number of hydrogen-bond donors (Lipinski definition) is 1. The molecule has 1 N–H and O–H groups in total. The first-order valence-electron chi connectivity index (χ1n) is 5.36. The maximum absolute atomic E-state index is 3.47. The highest BCUT2D eigenvalue weighted by Crippen LogP contribution is 2.47. The molecule has 1 fully saturated rings. The molecule has 0 atom stereocenters. The van der Waals surface area contributed by atoms with E-state index in [1.807, 2.05) is 0 Å². The van der Waals surface area contributed by atoms with Crippen molar-refractivity contribution in [1.82, 2.24) is 5.32 Å². The SMILES string of the molecule is CNC1(c2c(C)cc(C)cc2C)CC1. The average Bonchev–Trinajstić information content (AvgIpc) is 2.83. The molecule has 1 aromatic carbocycles. The summed E-state index contributed by atoms with van der Waals surface area (Å²) in [5.74, 6) is 0. The molecule has 0 spiro atoms. The molecule has 1 aliphatic rings. The van der Waals surface area contributed by atoms with Crippen molar-refractivity contribution in [2.75, 3.05) is 7.05 Å². The summed E-state index contributed by atoms with van der Waals surface area (Å²) in [5.41, 5.74) is 6.09. The largest absolute Gasteiger partial charge is 0.310 e. The van der Waals surface area contributed by atoms with Crippen molar-refractivity contribution >= 4 is 0 Å². The summed E-state index contributed by atoms with van der Waals surface area (Å²) in [6.45, 7) is 6.63. The first kappa shape index (κ1) is 9.72. The minimum absolute atomic E-state index is 0.307. The van der Waals surface area contributed by atoms with Crippen LogP contribution in [0.2, 0.25) is 0 Å². The second kappa shape index (κ2) is 3.09. The van der Waals surface area contributed by atoms with Crippen LogP contribution in [-0.2, 0) is 5.54 Å². The van der Waals surface area contributed by atoms with Gasteiger partial charge in [0.2, 0.25) is 0 Å². The van der Waals surface area contributed by atoms with Crippen LogP contribution in [0.25, 0.3) is 0 Å². The highest BCUT2D eigenvalue weighted by molar-refractivity contribution is 5.45. The Kier molecular flexibility index (Phi) is 2.15. The van der Waals surface area contributed by atoms with Crippen LogP contribution in [0.15, 0.2) is 12.1 Å². The fourth-order valence-corrected chi connectivity index (χ4v) is 2.68. The molecule has 0 amide bonds. The third kappa shape index (κ3) is 1.36. The highest BCUT2D eigenvalue weighted by Gasteiger charge is 2.44. The molecular formula is C13H19N. The van der Waals surface area contributed by atoms with E-state index in [2.05, 4.69) is 45.3 Å². The monoisotopic (exact) mass is 189 g/mol. The predicted molar refractivity (Wildman–Crippen MR) is 60.6 cm³/mol. The minimum Gasteiger partial charge on any atom is -0.310 e. The average molecular weight is 189 g/mol. The van der Waals surface area contributed by atoms with Crippen molar-refractivity contribution in [3.8, 4) is 0 Å². The number of aryl methyl sites for hydroxylation is 3. The zero-order valence-corrected chi connectivity index (χ0v) is 9.57. The van der Waals surface area contributed by atoms with Crippen molar-refractivity contribution in [3.63, 3.8) is 0 Å². The van der Waals surface area contributed by atoms with Crippen molar-refractivity contribution < 1.29 is 0 Å². The van der Waals surface area contributed by atoms with Crippen molar-refractivity contribution in [2.24, 2.45) is 0 Å². The lowest BCUT2D eigenvalue weighted by Gasteiger charge is -2.20. The second-order valence-corrected chi connectivity index (χ2v) is 4.61. The summed E-state index contributed by atoms with van der Waals surface area (Å²) in [6.07, 6.45) is 2.57. The molecule has 2 rings (SSSR count). The Morgan fingerprint density at radius 3 is 1.93 bits per heavy atom. The number of nitrogens with one attached hydrogen (secondary N) is 1. The van der Waals surface area contributed by atoms with Crippen molar-refractivity contribution in [2.45, 2.75) is 39.2 Å². The molecule has 0 aliphatic heterocycles. The number of benzene rings is 1. The molecule has 1 nitrogen and oxygen atoms in total. The van der Waals surface area contributed by atoms with Crippen LogP contribution in [-0.4, -0.2) is 7.05 Å². The number of hydrogen-bond acceptors (Lipinski definition) is 1. The molecule has 1 aliphatic carbocycles. The van der Waals surface area contributed by atoms with Gasteiger partial charge in [-0.3, -0.25) is 0 Å². The Morgan fingerprint density at radius 1 is 1.07 bits per heavy atom. The van der Waals surface area contributed by atoms with Gasteiger partial charge in [0.15, 0.2) is 0 Å². The van der Waals surface area contributed by atoms with Crippen LogP contribution in [0.5, 0.6) is 0 Å². The zero-order chi connectivity index (χ0) is 10.3. The molecular weight excluding hydrogens is 170 g/mol. The summed E-state index contributed by atoms with van der Waals surface area (Å²) in [5, 5.41) is 3.47. The molecule has 1 saturated carbocycles. The predicted octanol–water partition coefficient (Wildman–Crippen LogP) is 2.82. The van der Waals surface area contributed by atoms with E-state index in [1.54, 1.807) is 0 Å². The molecule has 1 aromatic rings. The van der Waals surface area contributed by atoms with Gasteiger partial charge in [-0.25, -0.2) is 0 Å². The van der Waals surface area contributed by atoms with E-state index in [0.29, 0.717) is 5.54 Å². The Labute approximate surface area is 86.5 Å². The van der Waals surface area contributed by atoms with Crippen LogP contribution in [0.1, 0.15) is 35.1 Å². The third-order valence-corrected chi connectivity index (χ3v) is 3.38. The van der Waals surface area contributed by atoms with E-state index in [1.165, 1.54) is 35.1 Å². The summed E-state index contributed by atoms with van der Waals surface area (Å²) in [4.78, 5) is 0. The Morgan fingerprint density at radius 2 is 1.57 bits per heavy atom. The van der Waals surface area contributed by atoms with E-state index in [4.69, 9.17) is 0 Å². The van der Waals surface area contributed by atoms with Gasteiger partial charge in [-0.2, -0.15) is 0 Å². The van der Waals surface area contributed by atoms with Gasteiger partial charge in [-0.1, -0.05) is 17.7 Å². The molecule has 0 saturated heterocycles. The smallest absolute Gasteiger partial charge is 0.0439 e. The maximum atomic E-state index is 3.47. The van der Waals surface area contributed by atoms with Crippen molar-refractivity contribution in [1.29, 1.82) is 0 Å². The standard InChI is InChI=1S/C13H19N/c1-9-7-10(2)12(11(3)8-9)13(14-4)5-6-13/h7-8,14H,5-6H2,1-4H3.